The van der Waals surface area contributed by atoms with Gasteiger partial charge in [-0.05, 0) is 55.3 Å². The minimum Gasteiger partial charge on any atom is -0.481 e. The number of hydrogen-bond acceptors (Lipinski definition) is 1. The monoisotopic (exact) mass is 180 g/mol. The number of aliphatic carboxylic acids is 1. The smallest absolute Gasteiger partial charge is 0.303 e. The van der Waals surface area contributed by atoms with E-state index in [2.05, 4.69) is 0 Å². The van der Waals surface area contributed by atoms with Crippen LogP contribution in [0, 0.1) is 29.6 Å². The third-order valence-electron chi connectivity index (χ3n) is 4.78. The predicted molar refractivity (Wildman–Crippen MR) is 48.2 cm³/mol. The van der Waals surface area contributed by atoms with Crippen molar-refractivity contribution in [1.82, 2.24) is 0 Å². The largest absolute Gasteiger partial charge is 0.481 e. The molecule has 0 aromatic carbocycles. The van der Waals surface area contributed by atoms with E-state index < -0.39 is 5.97 Å². The maximum atomic E-state index is 10.7. The standard InChI is InChI=1S/C11H16O2/c12-10(13)5-9-7-3-1-6-2-4-8(9)11(6)7/h6-9,11H,1-5H2,(H,12,13)/t6-,7+,8-,9-,11?. The fourth-order valence-corrected chi connectivity index (χ4v) is 4.42. The summed E-state index contributed by atoms with van der Waals surface area (Å²) in [6, 6.07) is 0. The van der Waals surface area contributed by atoms with E-state index in [1.54, 1.807) is 0 Å². The Bertz CT molecular complexity index is 232. The van der Waals surface area contributed by atoms with Crippen molar-refractivity contribution >= 4 is 5.97 Å². The minimum atomic E-state index is -0.584. The van der Waals surface area contributed by atoms with Gasteiger partial charge in [0.05, 0.1) is 0 Å². The molecule has 3 aliphatic carbocycles. The second-order valence-corrected chi connectivity index (χ2v) is 5.08. The van der Waals surface area contributed by atoms with Gasteiger partial charge in [-0.2, -0.15) is 0 Å². The van der Waals surface area contributed by atoms with E-state index in [0.717, 1.165) is 23.7 Å². The molecule has 0 aromatic heterocycles. The lowest BCUT2D eigenvalue weighted by molar-refractivity contribution is -0.142. The van der Waals surface area contributed by atoms with Crippen LogP contribution in [-0.4, -0.2) is 11.1 Å². The maximum Gasteiger partial charge on any atom is 0.303 e. The van der Waals surface area contributed by atoms with Crippen LogP contribution in [0.1, 0.15) is 32.1 Å². The van der Waals surface area contributed by atoms with Crippen LogP contribution in [-0.2, 0) is 4.79 Å². The Hall–Kier alpha value is -0.530. The van der Waals surface area contributed by atoms with E-state index in [9.17, 15) is 4.79 Å². The summed E-state index contributed by atoms with van der Waals surface area (Å²) in [5.74, 6) is 3.50. The molecule has 5 atom stereocenters. The number of hydrogen-bond donors (Lipinski definition) is 1. The van der Waals surface area contributed by atoms with Gasteiger partial charge in [-0.25, -0.2) is 0 Å². The molecule has 0 spiro atoms. The van der Waals surface area contributed by atoms with Gasteiger partial charge in [0.2, 0.25) is 0 Å². The molecule has 3 rings (SSSR count). The average molecular weight is 180 g/mol. The van der Waals surface area contributed by atoms with Crippen molar-refractivity contribution in [1.29, 1.82) is 0 Å². The number of carboxylic acid groups (broad SMARTS) is 1. The maximum absolute atomic E-state index is 10.7. The molecule has 2 nitrogen and oxygen atoms in total. The van der Waals surface area contributed by atoms with Crippen LogP contribution in [0.15, 0.2) is 0 Å². The van der Waals surface area contributed by atoms with Gasteiger partial charge in [0.1, 0.15) is 0 Å². The Labute approximate surface area is 78.3 Å². The lowest BCUT2D eigenvalue weighted by atomic mass is 9.58. The normalized spacial score (nSPS) is 51.5. The predicted octanol–water partition coefficient (Wildman–Crippen LogP) is 2.14. The SMILES string of the molecule is O=C(O)C[C@@H]1[C@@H]2CC[C@@H]3CC[C@H]1C32. The highest BCUT2D eigenvalue weighted by atomic mass is 16.4. The van der Waals surface area contributed by atoms with Crippen LogP contribution in [0.5, 0.6) is 0 Å². The first-order valence-corrected chi connectivity index (χ1v) is 5.49. The van der Waals surface area contributed by atoms with Crippen molar-refractivity contribution < 1.29 is 9.90 Å². The van der Waals surface area contributed by atoms with Gasteiger partial charge in [0, 0.05) is 6.42 Å². The van der Waals surface area contributed by atoms with Crippen molar-refractivity contribution in [2.45, 2.75) is 32.1 Å². The van der Waals surface area contributed by atoms with Gasteiger partial charge >= 0.3 is 5.97 Å². The van der Waals surface area contributed by atoms with Gasteiger partial charge in [-0.3, -0.25) is 4.79 Å². The second-order valence-electron chi connectivity index (χ2n) is 5.08. The summed E-state index contributed by atoms with van der Waals surface area (Å²) in [7, 11) is 0. The summed E-state index contributed by atoms with van der Waals surface area (Å²) in [5, 5.41) is 8.80. The Kier molecular flexibility index (Phi) is 1.50. The summed E-state index contributed by atoms with van der Waals surface area (Å²) in [6.07, 6.45) is 5.87. The van der Waals surface area contributed by atoms with Crippen LogP contribution in [0.25, 0.3) is 0 Å². The number of carboxylic acids is 1. The number of rotatable bonds is 2. The van der Waals surface area contributed by atoms with Crippen LogP contribution in [0.3, 0.4) is 0 Å². The topological polar surface area (TPSA) is 37.3 Å². The van der Waals surface area contributed by atoms with Gasteiger partial charge in [0.15, 0.2) is 0 Å². The summed E-state index contributed by atoms with van der Waals surface area (Å²) in [5.41, 5.74) is 0. The highest BCUT2D eigenvalue weighted by Crippen LogP contribution is 2.65. The third-order valence-corrected chi connectivity index (χ3v) is 4.78. The van der Waals surface area contributed by atoms with Crippen molar-refractivity contribution in [2.75, 3.05) is 0 Å². The van der Waals surface area contributed by atoms with Crippen LogP contribution in [0.2, 0.25) is 0 Å². The molecule has 3 saturated carbocycles. The summed E-state index contributed by atoms with van der Waals surface area (Å²) < 4.78 is 0. The molecule has 0 heterocycles. The lowest BCUT2D eigenvalue weighted by Gasteiger charge is -2.46. The zero-order chi connectivity index (χ0) is 9.00. The van der Waals surface area contributed by atoms with Crippen molar-refractivity contribution in [3.8, 4) is 0 Å². The molecule has 3 aliphatic rings. The Balaban J connectivity index is 1.75. The first kappa shape index (κ1) is 7.84. The molecular formula is C11H16O2. The molecule has 72 valence electrons. The van der Waals surface area contributed by atoms with Crippen molar-refractivity contribution in [3.05, 3.63) is 0 Å². The van der Waals surface area contributed by atoms with Crippen LogP contribution >= 0.6 is 0 Å². The van der Waals surface area contributed by atoms with E-state index in [1.807, 2.05) is 0 Å². The van der Waals surface area contributed by atoms with E-state index in [4.69, 9.17) is 5.11 Å². The van der Waals surface area contributed by atoms with Gasteiger partial charge < -0.3 is 5.11 Å². The highest BCUT2D eigenvalue weighted by Gasteiger charge is 2.59. The first-order valence-electron chi connectivity index (χ1n) is 5.49. The molecule has 0 amide bonds. The van der Waals surface area contributed by atoms with E-state index >= 15 is 0 Å². The van der Waals surface area contributed by atoms with Gasteiger partial charge in [-0.1, -0.05) is 0 Å². The fourth-order valence-electron chi connectivity index (χ4n) is 4.42. The average Bonchev–Trinajstić information content (AvgIpc) is 2.51. The molecular weight excluding hydrogens is 164 g/mol. The summed E-state index contributed by atoms with van der Waals surface area (Å²) >= 11 is 0. The van der Waals surface area contributed by atoms with Crippen molar-refractivity contribution in [2.24, 2.45) is 29.6 Å². The molecule has 0 aromatic rings. The summed E-state index contributed by atoms with van der Waals surface area (Å²) in [4.78, 5) is 10.7. The highest BCUT2D eigenvalue weighted by molar-refractivity contribution is 5.67. The quantitative estimate of drug-likeness (QED) is 0.707. The zero-order valence-electron chi connectivity index (χ0n) is 7.78. The molecule has 1 unspecified atom stereocenters. The van der Waals surface area contributed by atoms with E-state index in [1.165, 1.54) is 25.7 Å². The first-order chi connectivity index (χ1) is 6.27. The number of carbonyl (C=O) groups is 1. The molecule has 13 heavy (non-hydrogen) atoms. The molecule has 0 bridgehead atoms. The Morgan fingerprint density at radius 1 is 1.15 bits per heavy atom. The molecule has 0 aliphatic heterocycles. The van der Waals surface area contributed by atoms with Crippen LogP contribution < -0.4 is 0 Å². The molecule has 2 heteroatoms. The van der Waals surface area contributed by atoms with E-state index in [0.29, 0.717) is 12.3 Å². The summed E-state index contributed by atoms with van der Waals surface area (Å²) in [6.45, 7) is 0. The Morgan fingerprint density at radius 2 is 1.77 bits per heavy atom. The second kappa shape index (κ2) is 2.49. The Morgan fingerprint density at radius 3 is 2.31 bits per heavy atom. The molecule has 0 saturated heterocycles. The third kappa shape index (κ3) is 0.918. The van der Waals surface area contributed by atoms with Crippen molar-refractivity contribution in [3.63, 3.8) is 0 Å². The fraction of sp³-hybridized carbons (Fsp3) is 0.909. The van der Waals surface area contributed by atoms with E-state index in [-0.39, 0.29) is 0 Å². The lowest BCUT2D eigenvalue weighted by Crippen LogP contribution is -2.43. The minimum absolute atomic E-state index is 0.443. The van der Waals surface area contributed by atoms with Gasteiger partial charge in [-0.15, -0.1) is 0 Å². The zero-order valence-corrected chi connectivity index (χ0v) is 7.78. The van der Waals surface area contributed by atoms with Crippen LogP contribution in [0.4, 0.5) is 0 Å². The van der Waals surface area contributed by atoms with Gasteiger partial charge in [0.25, 0.3) is 0 Å². The molecule has 0 radical (unpaired) electrons. The molecule has 1 N–H and O–H groups in total. The molecule has 3 fully saturated rings.